The highest BCUT2D eigenvalue weighted by molar-refractivity contribution is 5.33. The molecule has 2 aromatic rings. The zero-order valence-corrected chi connectivity index (χ0v) is 13.9. The normalized spacial score (nSPS) is 12.6. The van der Waals surface area contributed by atoms with Gasteiger partial charge in [0, 0.05) is 13.2 Å². The second-order valence-electron chi connectivity index (χ2n) is 5.79. The van der Waals surface area contributed by atoms with Crippen LogP contribution in [0.15, 0.2) is 28.8 Å². The number of aromatic nitrogens is 2. The molecule has 1 heterocycles. The lowest BCUT2D eigenvalue weighted by atomic mass is 10.1. The molecule has 0 spiro atoms. The van der Waals surface area contributed by atoms with Crippen molar-refractivity contribution in [2.75, 3.05) is 13.2 Å². The summed E-state index contributed by atoms with van der Waals surface area (Å²) in [5.41, 5.74) is 0.948. The van der Waals surface area contributed by atoms with E-state index in [4.69, 9.17) is 19.1 Å². The van der Waals surface area contributed by atoms with E-state index in [-0.39, 0.29) is 19.3 Å². The van der Waals surface area contributed by atoms with Crippen LogP contribution in [0.2, 0.25) is 0 Å². The predicted octanol–water partition coefficient (Wildman–Crippen LogP) is 2.92. The number of rotatable bonds is 9. The molecule has 6 heteroatoms. The largest absolute Gasteiger partial charge is 0.483 e. The molecule has 6 nitrogen and oxygen atoms in total. The minimum atomic E-state index is -0.212. The molecule has 1 aromatic carbocycles. The van der Waals surface area contributed by atoms with Crippen LogP contribution in [0.4, 0.5) is 0 Å². The molecular weight excluding hydrogens is 296 g/mol. The molecule has 0 bridgehead atoms. The Kier molecular flexibility index (Phi) is 6.55. The Morgan fingerprint density at radius 2 is 2.00 bits per heavy atom. The molecule has 0 aliphatic carbocycles. The first-order valence-electron chi connectivity index (χ1n) is 7.85. The van der Waals surface area contributed by atoms with E-state index in [1.54, 1.807) is 0 Å². The van der Waals surface area contributed by atoms with Gasteiger partial charge in [-0.3, -0.25) is 0 Å². The molecule has 1 aromatic heterocycles. The van der Waals surface area contributed by atoms with Gasteiger partial charge in [-0.05, 0) is 30.9 Å². The summed E-state index contributed by atoms with van der Waals surface area (Å²) in [5, 5.41) is 13.0. The van der Waals surface area contributed by atoms with Crippen molar-refractivity contribution in [3.63, 3.8) is 0 Å². The molecular formula is C17H24N2O4. The fourth-order valence-electron chi connectivity index (χ4n) is 2.01. The summed E-state index contributed by atoms with van der Waals surface area (Å²) in [6.07, 6.45) is 0.335. The molecule has 23 heavy (non-hydrogen) atoms. The number of aliphatic hydroxyl groups excluding tert-OH is 1. The van der Waals surface area contributed by atoms with Crippen LogP contribution in [0.25, 0.3) is 0 Å². The van der Waals surface area contributed by atoms with Gasteiger partial charge in [-0.2, -0.15) is 4.98 Å². The quantitative estimate of drug-likeness (QED) is 0.765. The van der Waals surface area contributed by atoms with Gasteiger partial charge in [0.2, 0.25) is 0 Å². The van der Waals surface area contributed by atoms with E-state index >= 15 is 0 Å². The summed E-state index contributed by atoms with van der Waals surface area (Å²) in [4.78, 5) is 4.30. The minimum absolute atomic E-state index is 0.0792. The average Bonchev–Trinajstić information content (AvgIpc) is 3.01. The maximum absolute atomic E-state index is 9.07. The van der Waals surface area contributed by atoms with Crippen molar-refractivity contribution >= 4 is 0 Å². The van der Waals surface area contributed by atoms with Gasteiger partial charge < -0.3 is 19.1 Å². The Morgan fingerprint density at radius 3 is 2.74 bits per heavy atom. The van der Waals surface area contributed by atoms with Gasteiger partial charge in [-0.15, -0.1) is 0 Å². The van der Waals surface area contributed by atoms with Gasteiger partial charge in [-0.1, -0.05) is 37.2 Å². The summed E-state index contributed by atoms with van der Waals surface area (Å²) in [6.45, 7) is 6.99. The highest BCUT2D eigenvalue weighted by Crippen LogP contribution is 2.20. The van der Waals surface area contributed by atoms with E-state index in [1.807, 2.05) is 31.2 Å². The van der Waals surface area contributed by atoms with Crippen molar-refractivity contribution < 1.29 is 19.1 Å². The van der Waals surface area contributed by atoms with Crippen LogP contribution in [-0.2, 0) is 17.8 Å². The molecule has 0 aliphatic heterocycles. The second kappa shape index (κ2) is 8.64. The zero-order valence-electron chi connectivity index (χ0n) is 13.9. The Labute approximate surface area is 136 Å². The Balaban J connectivity index is 1.92. The molecule has 0 fully saturated rings. The van der Waals surface area contributed by atoms with E-state index in [0.29, 0.717) is 36.4 Å². The van der Waals surface area contributed by atoms with E-state index < -0.39 is 0 Å². The summed E-state index contributed by atoms with van der Waals surface area (Å²) >= 11 is 0. The topological polar surface area (TPSA) is 77.6 Å². The summed E-state index contributed by atoms with van der Waals surface area (Å²) < 4.78 is 16.6. The number of hydrogen-bond donors (Lipinski definition) is 1. The van der Waals surface area contributed by atoms with E-state index in [9.17, 15) is 0 Å². The molecule has 0 aliphatic rings. The van der Waals surface area contributed by atoms with Crippen LogP contribution in [0.3, 0.4) is 0 Å². The van der Waals surface area contributed by atoms with Crippen molar-refractivity contribution in [2.24, 2.45) is 5.92 Å². The summed E-state index contributed by atoms with van der Waals surface area (Å²) in [5.74, 6) is 2.09. The lowest BCUT2D eigenvalue weighted by Gasteiger charge is -2.10. The predicted molar refractivity (Wildman–Crippen MR) is 85.1 cm³/mol. The van der Waals surface area contributed by atoms with Gasteiger partial charge in [0.1, 0.15) is 11.9 Å². The Hall–Kier alpha value is -1.92. The van der Waals surface area contributed by atoms with Crippen molar-refractivity contribution in [2.45, 2.75) is 39.9 Å². The van der Waals surface area contributed by atoms with Crippen LogP contribution in [-0.4, -0.2) is 28.5 Å². The van der Waals surface area contributed by atoms with E-state index in [0.717, 1.165) is 5.56 Å². The first-order chi connectivity index (χ1) is 11.1. The number of aliphatic hydroxyl groups is 1. The molecule has 0 saturated heterocycles. The van der Waals surface area contributed by atoms with Crippen molar-refractivity contribution in [3.8, 4) is 5.75 Å². The van der Waals surface area contributed by atoms with Crippen molar-refractivity contribution in [1.29, 1.82) is 0 Å². The van der Waals surface area contributed by atoms with E-state index in [1.165, 1.54) is 0 Å². The lowest BCUT2D eigenvalue weighted by molar-refractivity contribution is 0.0402. The molecule has 0 amide bonds. The highest BCUT2D eigenvalue weighted by Gasteiger charge is 2.15. The van der Waals surface area contributed by atoms with E-state index in [2.05, 4.69) is 24.0 Å². The number of hydrogen-bond acceptors (Lipinski definition) is 6. The van der Waals surface area contributed by atoms with Crippen LogP contribution in [0.1, 0.15) is 44.2 Å². The first kappa shape index (κ1) is 17.4. The number of nitrogens with zero attached hydrogens (tertiary/aromatic N) is 2. The standard InChI is InChI=1S/C17H24N2O4/c1-12(2)10-21-13(3)17-18-16(23-19-17)11-22-15-7-5-4-6-14(15)8-9-20/h4-7,12-13,20H,8-11H2,1-3H3. The molecule has 2 rings (SSSR count). The van der Waals surface area contributed by atoms with Crippen LogP contribution in [0, 0.1) is 5.92 Å². The van der Waals surface area contributed by atoms with Crippen molar-refractivity contribution in [1.82, 2.24) is 10.1 Å². The van der Waals surface area contributed by atoms with Crippen LogP contribution < -0.4 is 4.74 Å². The van der Waals surface area contributed by atoms with Gasteiger partial charge in [0.25, 0.3) is 5.89 Å². The van der Waals surface area contributed by atoms with Crippen LogP contribution in [0.5, 0.6) is 5.75 Å². The molecule has 1 unspecified atom stereocenters. The lowest BCUT2D eigenvalue weighted by Crippen LogP contribution is -2.08. The molecule has 0 saturated carbocycles. The molecule has 0 radical (unpaired) electrons. The monoisotopic (exact) mass is 320 g/mol. The third-order valence-electron chi connectivity index (χ3n) is 3.23. The van der Waals surface area contributed by atoms with Gasteiger partial charge in [0.05, 0.1) is 0 Å². The fourth-order valence-corrected chi connectivity index (χ4v) is 2.01. The van der Waals surface area contributed by atoms with Gasteiger partial charge in [-0.25, -0.2) is 0 Å². The van der Waals surface area contributed by atoms with Gasteiger partial charge >= 0.3 is 0 Å². The average molecular weight is 320 g/mol. The smallest absolute Gasteiger partial charge is 0.264 e. The maximum atomic E-state index is 9.07. The van der Waals surface area contributed by atoms with Crippen molar-refractivity contribution in [3.05, 3.63) is 41.5 Å². The maximum Gasteiger partial charge on any atom is 0.264 e. The Bertz CT molecular complexity index is 598. The number of benzene rings is 1. The Morgan fingerprint density at radius 1 is 1.22 bits per heavy atom. The third kappa shape index (κ3) is 5.33. The fraction of sp³-hybridized carbons (Fsp3) is 0.529. The minimum Gasteiger partial charge on any atom is -0.483 e. The zero-order chi connectivity index (χ0) is 16.7. The summed E-state index contributed by atoms with van der Waals surface area (Å²) in [6, 6.07) is 7.58. The molecule has 1 atom stereocenters. The highest BCUT2D eigenvalue weighted by atomic mass is 16.5. The third-order valence-corrected chi connectivity index (χ3v) is 3.23. The SMILES string of the molecule is CC(C)COC(C)c1noc(COc2ccccc2CCO)n1. The second-order valence-corrected chi connectivity index (χ2v) is 5.79. The molecule has 1 N–H and O–H groups in total. The first-order valence-corrected chi connectivity index (χ1v) is 7.85. The summed E-state index contributed by atoms with van der Waals surface area (Å²) in [7, 11) is 0. The number of ether oxygens (including phenoxy) is 2. The van der Waals surface area contributed by atoms with Gasteiger partial charge in [0.15, 0.2) is 12.4 Å². The number of para-hydroxylation sites is 1. The van der Waals surface area contributed by atoms with Crippen LogP contribution >= 0.6 is 0 Å². The molecule has 126 valence electrons.